The van der Waals surface area contributed by atoms with E-state index in [1.54, 1.807) is 6.07 Å². The Kier molecular flexibility index (Phi) is 6.02. The quantitative estimate of drug-likeness (QED) is 0.333. The van der Waals surface area contributed by atoms with Crippen molar-refractivity contribution < 1.29 is 9.66 Å². The molecule has 17 heavy (non-hydrogen) atoms. The lowest BCUT2D eigenvalue weighted by atomic mass is 10.3. The molecule has 4 nitrogen and oxygen atoms in total. The van der Waals surface area contributed by atoms with Crippen LogP contribution in [0.2, 0.25) is 5.02 Å². The molecule has 7 heteroatoms. The van der Waals surface area contributed by atoms with Gasteiger partial charge in [0.15, 0.2) is 0 Å². The molecule has 0 amide bonds. The highest BCUT2D eigenvalue weighted by atomic mass is 79.9. The Bertz CT molecular complexity index is 415. The summed E-state index contributed by atoms with van der Waals surface area (Å²) in [6.45, 7) is 0.383. The van der Waals surface area contributed by atoms with Crippen LogP contribution in [-0.4, -0.2) is 17.4 Å². The summed E-state index contributed by atoms with van der Waals surface area (Å²) in [5.74, 6) is 0.752. The van der Waals surface area contributed by atoms with E-state index in [4.69, 9.17) is 27.9 Å². The van der Waals surface area contributed by atoms with Crippen molar-refractivity contribution in [3.63, 3.8) is 0 Å². The lowest BCUT2D eigenvalue weighted by Crippen LogP contribution is -2.01. The Hall–Kier alpha value is -0.520. The van der Waals surface area contributed by atoms with E-state index < -0.39 is 4.92 Å². The summed E-state index contributed by atoms with van der Waals surface area (Å²) in [7, 11) is 0. The monoisotopic (exact) mass is 341 g/mol. The first-order chi connectivity index (χ1) is 8.06. The molecule has 0 saturated carbocycles. The number of hydrogen-bond donors (Lipinski definition) is 0. The van der Waals surface area contributed by atoms with Gasteiger partial charge in [0, 0.05) is 17.0 Å². The second-order valence-electron chi connectivity index (χ2n) is 3.24. The average Bonchev–Trinajstić information content (AvgIpc) is 2.25. The van der Waals surface area contributed by atoms with Crippen LogP contribution in [0.1, 0.15) is 12.8 Å². The fourth-order valence-corrected chi connectivity index (χ4v) is 2.29. The van der Waals surface area contributed by atoms with Crippen molar-refractivity contribution in [3.8, 4) is 5.75 Å². The number of alkyl halides is 1. The molecule has 0 radical (unpaired) electrons. The SMILES string of the molecule is O=[N+]([O-])c1cc(Cl)cc(Br)c1OCCCCCl. The van der Waals surface area contributed by atoms with Crippen LogP contribution in [0.5, 0.6) is 5.75 Å². The van der Waals surface area contributed by atoms with Crippen LogP contribution in [-0.2, 0) is 0 Å². The summed E-state index contributed by atoms with van der Waals surface area (Å²) in [4.78, 5) is 10.3. The van der Waals surface area contributed by atoms with E-state index >= 15 is 0 Å². The number of halogens is 3. The maximum Gasteiger partial charge on any atom is 0.313 e. The topological polar surface area (TPSA) is 52.4 Å². The van der Waals surface area contributed by atoms with Gasteiger partial charge in [0.1, 0.15) is 0 Å². The standard InChI is InChI=1S/C10H10BrCl2NO3/c11-8-5-7(13)6-9(14(15)16)10(8)17-4-2-1-3-12/h5-6H,1-4H2. The average molecular weight is 343 g/mol. The minimum Gasteiger partial charge on any atom is -0.486 e. The first-order valence-electron chi connectivity index (χ1n) is 4.88. The van der Waals surface area contributed by atoms with E-state index in [1.165, 1.54) is 6.07 Å². The molecule has 0 aliphatic heterocycles. The third kappa shape index (κ3) is 4.33. The van der Waals surface area contributed by atoms with E-state index in [9.17, 15) is 10.1 Å². The van der Waals surface area contributed by atoms with Crippen LogP contribution in [0, 0.1) is 10.1 Å². The molecule has 1 aromatic rings. The van der Waals surface area contributed by atoms with E-state index in [0.717, 1.165) is 12.8 Å². The van der Waals surface area contributed by atoms with Gasteiger partial charge < -0.3 is 4.74 Å². The van der Waals surface area contributed by atoms with Crippen LogP contribution >= 0.6 is 39.1 Å². The van der Waals surface area contributed by atoms with Crippen molar-refractivity contribution in [1.29, 1.82) is 0 Å². The number of rotatable bonds is 6. The van der Waals surface area contributed by atoms with Gasteiger partial charge in [-0.15, -0.1) is 11.6 Å². The third-order valence-electron chi connectivity index (χ3n) is 1.96. The lowest BCUT2D eigenvalue weighted by Gasteiger charge is -2.08. The molecule has 0 heterocycles. The summed E-state index contributed by atoms with van der Waals surface area (Å²) in [6, 6.07) is 2.83. The van der Waals surface area contributed by atoms with Gasteiger partial charge in [-0.25, -0.2) is 0 Å². The molecular formula is C10H10BrCl2NO3. The number of hydrogen-bond acceptors (Lipinski definition) is 3. The lowest BCUT2D eigenvalue weighted by molar-refractivity contribution is -0.385. The number of nitrogens with zero attached hydrogens (tertiary/aromatic N) is 1. The van der Waals surface area contributed by atoms with Crippen LogP contribution in [0.4, 0.5) is 5.69 Å². The van der Waals surface area contributed by atoms with Crippen LogP contribution in [0.25, 0.3) is 0 Å². The molecule has 94 valence electrons. The van der Waals surface area contributed by atoms with Crippen LogP contribution in [0.3, 0.4) is 0 Å². The first kappa shape index (κ1) is 14.5. The van der Waals surface area contributed by atoms with Crippen molar-refractivity contribution in [1.82, 2.24) is 0 Å². The molecule has 0 fully saturated rings. The Balaban J connectivity index is 2.85. The number of ether oxygens (including phenoxy) is 1. The highest BCUT2D eigenvalue weighted by Gasteiger charge is 2.19. The molecule has 0 unspecified atom stereocenters. The number of unbranched alkanes of at least 4 members (excludes halogenated alkanes) is 1. The molecule has 0 aromatic heterocycles. The van der Waals surface area contributed by atoms with Crippen molar-refractivity contribution >= 4 is 44.8 Å². The van der Waals surface area contributed by atoms with Gasteiger partial charge in [-0.05, 0) is 34.8 Å². The minimum absolute atomic E-state index is 0.143. The van der Waals surface area contributed by atoms with Gasteiger partial charge in [-0.2, -0.15) is 0 Å². The smallest absolute Gasteiger partial charge is 0.313 e. The number of nitro benzene ring substituents is 1. The Labute approximate surface area is 117 Å². The van der Waals surface area contributed by atoms with Gasteiger partial charge in [0.2, 0.25) is 5.75 Å². The highest BCUT2D eigenvalue weighted by Crippen LogP contribution is 2.37. The van der Waals surface area contributed by atoms with Crippen LogP contribution < -0.4 is 4.74 Å². The van der Waals surface area contributed by atoms with Gasteiger partial charge in [-0.1, -0.05) is 11.6 Å². The molecule has 1 aromatic carbocycles. The van der Waals surface area contributed by atoms with Gasteiger partial charge >= 0.3 is 5.69 Å². The van der Waals surface area contributed by atoms with Crippen molar-refractivity contribution in [2.45, 2.75) is 12.8 Å². The molecular weight excluding hydrogens is 333 g/mol. The molecule has 0 spiro atoms. The summed E-state index contributed by atoms with van der Waals surface area (Å²) >= 11 is 14.5. The largest absolute Gasteiger partial charge is 0.486 e. The Morgan fingerprint density at radius 2 is 2.12 bits per heavy atom. The maximum atomic E-state index is 10.8. The highest BCUT2D eigenvalue weighted by molar-refractivity contribution is 9.10. The fourth-order valence-electron chi connectivity index (χ4n) is 1.20. The summed E-state index contributed by atoms with van der Waals surface area (Å²) in [5.41, 5.74) is -0.143. The van der Waals surface area contributed by atoms with Gasteiger partial charge in [0.25, 0.3) is 0 Å². The van der Waals surface area contributed by atoms with Crippen molar-refractivity contribution in [3.05, 3.63) is 31.7 Å². The molecule has 0 bridgehead atoms. The molecule has 0 saturated heterocycles. The second-order valence-corrected chi connectivity index (χ2v) is 4.91. The molecule has 0 aliphatic carbocycles. The zero-order valence-electron chi connectivity index (χ0n) is 8.79. The van der Waals surface area contributed by atoms with E-state index in [2.05, 4.69) is 15.9 Å². The zero-order valence-corrected chi connectivity index (χ0v) is 11.9. The van der Waals surface area contributed by atoms with Crippen molar-refractivity contribution in [2.24, 2.45) is 0 Å². The first-order valence-corrected chi connectivity index (χ1v) is 6.59. The van der Waals surface area contributed by atoms with Gasteiger partial charge in [-0.3, -0.25) is 10.1 Å². The summed E-state index contributed by atoms with van der Waals surface area (Å²) in [6.07, 6.45) is 1.55. The number of nitro groups is 1. The van der Waals surface area contributed by atoms with Crippen molar-refractivity contribution in [2.75, 3.05) is 12.5 Å². The second kappa shape index (κ2) is 7.03. The minimum atomic E-state index is -0.520. The normalized spacial score (nSPS) is 10.3. The summed E-state index contributed by atoms with van der Waals surface area (Å²) in [5, 5.41) is 11.1. The van der Waals surface area contributed by atoms with Crippen LogP contribution in [0.15, 0.2) is 16.6 Å². The maximum absolute atomic E-state index is 10.8. The summed E-state index contributed by atoms with van der Waals surface area (Å²) < 4.78 is 5.86. The Morgan fingerprint density at radius 3 is 2.71 bits per heavy atom. The Morgan fingerprint density at radius 1 is 1.41 bits per heavy atom. The molecule has 1 rings (SSSR count). The number of benzene rings is 1. The molecule has 0 N–H and O–H groups in total. The molecule has 0 aliphatic rings. The van der Waals surface area contributed by atoms with E-state index in [0.29, 0.717) is 17.0 Å². The zero-order chi connectivity index (χ0) is 12.8. The predicted molar refractivity (Wildman–Crippen MR) is 71.3 cm³/mol. The molecule has 0 atom stereocenters. The predicted octanol–water partition coefficient (Wildman–Crippen LogP) is 4.41. The fraction of sp³-hybridized carbons (Fsp3) is 0.400. The van der Waals surface area contributed by atoms with E-state index in [1.807, 2.05) is 0 Å². The van der Waals surface area contributed by atoms with Gasteiger partial charge in [0.05, 0.1) is 16.0 Å². The van der Waals surface area contributed by atoms with E-state index in [-0.39, 0.29) is 16.5 Å². The third-order valence-corrected chi connectivity index (χ3v) is 3.03.